The molecule has 1 aromatic carbocycles. The van der Waals surface area contributed by atoms with Crippen molar-refractivity contribution in [1.29, 1.82) is 0 Å². The molecule has 84 valence electrons. The van der Waals surface area contributed by atoms with Gasteiger partial charge in [0.05, 0.1) is 6.10 Å². The minimum Gasteiger partial charge on any atom is -0.326 e. The van der Waals surface area contributed by atoms with Crippen LogP contribution in [0.4, 0.5) is 0 Å². The topological polar surface area (TPSA) is 46.5 Å². The van der Waals surface area contributed by atoms with E-state index in [4.69, 9.17) is 9.42 Å². The highest BCUT2D eigenvalue weighted by atomic mass is 31.1. The standard InChI is InChI=1S/C11H17O3P/c1-2-3-9-11(14-15(12)13)10-7-5-4-6-8-10/h4-8,11,15H,2-3,9H2,1H3,(H,12,13). The molecule has 2 unspecified atom stereocenters. The van der Waals surface area contributed by atoms with E-state index in [-0.39, 0.29) is 6.10 Å². The van der Waals surface area contributed by atoms with Crippen LogP contribution in [0.1, 0.15) is 37.9 Å². The molecular weight excluding hydrogens is 211 g/mol. The van der Waals surface area contributed by atoms with Crippen LogP contribution in [0, 0.1) is 0 Å². The predicted molar refractivity (Wildman–Crippen MR) is 61.0 cm³/mol. The summed E-state index contributed by atoms with van der Waals surface area (Å²) in [5.41, 5.74) is 0.971. The molecule has 15 heavy (non-hydrogen) atoms. The minimum atomic E-state index is -2.86. The summed E-state index contributed by atoms with van der Waals surface area (Å²) in [6.45, 7) is 2.09. The zero-order valence-electron chi connectivity index (χ0n) is 8.85. The van der Waals surface area contributed by atoms with E-state index in [9.17, 15) is 4.57 Å². The number of hydrogen-bond acceptors (Lipinski definition) is 2. The van der Waals surface area contributed by atoms with Crippen molar-refractivity contribution < 1.29 is 14.0 Å². The Kier molecular flexibility index (Phi) is 5.62. The molecule has 0 bridgehead atoms. The smallest absolute Gasteiger partial charge is 0.317 e. The normalized spacial score (nSPS) is 14.8. The van der Waals surface area contributed by atoms with Gasteiger partial charge in [-0.3, -0.25) is 4.57 Å². The van der Waals surface area contributed by atoms with E-state index < -0.39 is 8.25 Å². The molecule has 0 saturated heterocycles. The van der Waals surface area contributed by atoms with Crippen LogP contribution in [0.25, 0.3) is 0 Å². The van der Waals surface area contributed by atoms with Crippen LogP contribution in [0.5, 0.6) is 0 Å². The molecule has 3 nitrogen and oxygen atoms in total. The third-order valence-electron chi connectivity index (χ3n) is 2.23. The summed E-state index contributed by atoms with van der Waals surface area (Å²) in [5, 5.41) is 0. The molecule has 0 heterocycles. The lowest BCUT2D eigenvalue weighted by Crippen LogP contribution is -1.99. The summed E-state index contributed by atoms with van der Waals surface area (Å²) in [5.74, 6) is 0. The zero-order valence-corrected chi connectivity index (χ0v) is 9.85. The van der Waals surface area contributed by atoms with Gasteiger partial charge in [0.2, 0.25) is 0 Å². The molecule has 0 spiro atoms. The Balaban J connectivity index is 2.67. The first-order valence-corrected chi connectivity index (χ1v) is 6.45. The summed E-state index contributed by atoms with van der Waals surface area (Å²) in [7, 11) is -2.86. The van der Waals surface area contributed by atoms with Gasteiger partial charge in [-0.2, -0.15) is 0 Å². The lowest BCUT2D eigenvalue weighted by molar-refractivity contribution is 0.179. The first kappa shape index (κ1) is 12.4. The quantitative estimate of drug-likeness (QED) is 0.760. The van der Waals surface area contributed by atoms with Gasteiger partial charge in [-0.1, -0.05) is 50.1 Å². The Morgan fingerprint density at radius 3 is 2.60 bits per heavy atom. The first-order chi connectivity index (χ1) is 7.24. The maximum Gasteiger partial charge on any atom is 0.317 e. The van der Waals surface area contributed by atoms with Crippen molar-refractivity contribution >= 4 is 8.25 Å². The number of unbranched alkanes of at least 4 members (excludes halogenated alkanes) is 1. The van der Waals surface area contributed by atoms with Gasteiger partial charge in [0.15, 0.2) is 0 Å². The molecule has 1 rings (SSSR count). The molecule has 0 amide bonds. The minimum absolute atomic E-state index is 0.248. The van der Waals surface area contributed by atoms with Crippen LogP contribution in [-0.2, 0) is 9.09 Å². The van der Waals surface area contributed by atoms with Gasteiger partial charge in [-0.15, -0.1) is 0 Å². The molecule has 0 aliphatic carbocycles. The lowest BCUT2D eigenvalue weighted by atomic mass is 10.0. The molecular formula is C11H17O3P. The molecule has 0 aliphatic heterocycles. The van der Waals surface area contributed by atoms with Gasteiger partial charge in [0.25, 0.3) is 0 Å². The average molecular weight is 228 g/mol. The van der Waals surface area contributed by atoms with Crippen LogP contribution in [0.15, 0.2) is 30.3 Å². The summed E-state index contributed by atoms with van der Waals surface area (Å²) >= 11 is 0. The summed E-state index contributed by atoms with van der Waals surface area (Å²) in [6, 6.07) is 9.58. The summed E-state index contributed by atoms with van der Waals surface area (Å²) in [6.07, 6.45) is 2.59. The van der Waals surface area contributed by atoms with Crippen LogP contribution >= 0.6 is 8.25 Å². The Labute approximate surface area is 91.0 Å². The second kappa shape index (κ2) is 6.78. The molecule has 0 fully saturated rings. The van der Waals surface area contributed by atoms with E-state index in [0.717, 1.165) is 24.8 Å². The van der Waals surface area contributed by atoms with Gasteiger partial charge >= 0.3 is 8.25 Å². The molecule has 4 heteroatoms. The van der Waals surface area contributed by atoms with Crippen molar-refractivity contribution in [3.63, 3.8) is 0 Å². The zero-order chi connectivity index (χ0) is 11.1. The van der Waals surface area contributed by atoms with E-state index >= 15 is 0 Å². The van der Waals surface area contributed by atoms with Crippen LogP contribution in [0.2, 0.25) is 0 Å². The molecule has 0 saturated carbocycles. The predicted octanol–water partition coefficient (Wildman–Crippen LogP) is 3.32. The van der Waals surface area contributed by atoms with E-state index in [2.05, 4.69) is 6.92 Å². The van der Waals surface area contributed by atoms with Crippen molar-refractivity contribution in [3.05, 3.63) is 35.9 Å². The van der Waals surface area contributed by atoms with E-state index in [1.807, 2.05) is 30.3 Å². The van der Waals surface area contributed by atoms with Gasteiger partial charge in [0, 0.05) is 0 Å². The fraction of sp³-hybridized carbons (Fsp3) is 0.455. The van der Waals surface area contributed by atoms with Crippen LogP contribution in [0.3, 0.4) is 0 Å². The van der Waals surface area contributed by atoms with Gasteiger partial charge < -0.3 is 9.42 Å². The Bertz CT molecular complexity index is 300. The maximum atomic E-state index is 10.7. The monoisotopic (exact) mass is 228 g/mol. The van der Waals surface area contributed by atoms with Crippen LogP contribution < -0.4 is 0 Å². The highest BCUT2D eigenvalue weighted by Crippen LogP contribution is 2.32. The van der Waals surface area contributed by atoms with Gasteiger partial charge in [-0.05, 0) is 12.0 Å². The van der Waals surface area contributed by atoms with Crippen molar-refractivity contribution in [3.8, 4) is 0 Å². The molecule has 0 aliphatic rings. The van der Waals surface area contributed by atoms with Crippen LogP contribution in [-0.4, -0.2) is 4.89 Å². The molecule has 1 N–H and O–H groups in total. The SMILES string of the molecule is CCCCC(O[PH](=O)O)c1ccccc1. The van der Waals surface area contributed by atoms with Gasteiger partial charge in [-0.25, -0.2) is 0 Å². The third-order valence-corrected chi connectivity index (χ3v) is 2.72. The third kappa shape index (κ3) is 4.61. The van der Waals surface area contributed by atoms with Crippen molar-refractivity contribution in [2.75, 3.05) is 0 Å². The fourth-order valence-corrected chi connectivity index (χ4v) is 1.97. The van der Waals surface area contributed by atoms with Crippen molar-refractivity contribution in [2.24, 2.45) is 0 Å². The highest BCUT2D eigenvalue weighted by Gasteiger charge is 2.13. The van der Waals surface area contributed by atoms with Crippen molar-refractivity contribution in [1.82, 2.24) is 0 Å². The molecule has 1 aromatic rings. The molecule has 0 aromatic heterocycles. The van der Waals surface area contributed by atoms with Gasteiger partial charge in [0.1, 0.15) is 0 Å². The number of benzene rings is 1. The lowest BCUT2D eigenvalue weighted by Gasteiger charge is -2.15. The summed E-state index contributed by atoms with van der Waals surface area (Å²) in [4.78, 5) is 8.81. The Morgan fingerprint density at radius 1 is 1.40 bits per heavy atom. The Morgan fingerprint density at radius 2 is 2.07 bits per heavy atom. The van der Waals surface area contributed by atoms with E-state index in [1.165, 1.54) is 0 Å². The second-order valence-electron chi connectivity index (χ2n) is 3.43. The average Bonchev–Trinajstić information content (AvgIpc) is 2.25. The molecule has 2 atom stereocenters. The highest BCUT2D eigenvalue weighted by molar-refractivity contribution is 7.32. The fourth-order valence-electron chi connectivity index (χ4n) is 1.47. The number of rotatable bonds is 6. The van der Waals surface area contributed by atoms with Crippen molar-refractivity contribution in [2.45, 2.75) is 32.3 Å². The van der Waals surface area contributed by atoms with E-state index in [1.54, 1.807) is 0 Å². The first-order valence-electron chi connectivity index (χ1n) is 5.18. The summed E-state index contributed by atoms with van der Waals surface area (Å²) < 4.78 is 15.7. The maximum absolute atomic E-state index is 10.7. The second-order valence-corrected chi connectivity index (χ2v) is 4.19. The van der Waals surface area contributed by atoms with E-state index in [0.29, 0.717) is 0 Å². The Hall–Kier alpha value is -0.630. The number of hydrogen-bond donors (Lipinski definition) is 1. The largest absolute Gasteiger partial charge is 0.326 e. The molecule has 0 radical (unpaired) electrons.